The number of rotatable bonds is 29. The molecule has 0 aliphatic carbocycles. The summed E-state index contributed by atoms with van der Waals surface area (Å²) in [6.07, 6.45) is 3.94. The van der Waals surface area contributed by atoms with Gasteiger partial charge in [0.05, 0.1) is 77.6 Å². The highest BCUT2D eigenvalue weighted by Gasteiger charge is 2.10. The number of hydrogen-bond donors (Lipinski definition) is 2. The van der Waals surface area contributed by atoms with Gasteiger partial charge in [-0.15, -0.1) is 0 Å². The number of primary sulfonamides is 1. The summed E-state index contributed by atoms with van der Waals surface area (Å²) >= 11 is 0. The fourth-order valence-electron chi connectivity index (χ4n) is 4.19. The average Bonchev–Trinajstić information content (AvgIpc) is 3.03. The van der Waals surface area contributed by atoms with Crippen molar-refractivity contribution < 1.29 is 46.4 Å². The first kappa shape index (κ1) is 39.4. The van der Waals surface area contributed by atoms with Crippen LogP contribution in [0.15, 0.2) is 53.4 Å². The molecule has 13 heteroatoms. The summed E-state index contributed by atoms with van der Waals surface area (Å²) in [5, 5.41) is 5.11. The monoisotopic (exact) mass is 666 g/mol. The van der Waals surface area contributed by atoms with Gasteiger partial charge in [0.15, 0.2) is 0 Å². The lowest BCUT2D eigenvalue weighted by Crippen LogP contribution is -2.15. The minimum absolute atomic E-state index is 0.0176. The highest BCUT2D eigenvalue weighted by atomic mass is 32.2. The van der Waals surface area contributed by atoms with Crippen LogP contribution < -0.4 is 15.6 Å². The highest BCUT2D eigenvalue weighted by molar-refractivity contribution is 7.89. The number of unbranched alkanes of at least 4 members (excludes halogenated alkanes) is 2. The van der Waals surface area contributed by atoms with Crippen molar-refractivity contribution in [1.82, 2.24) is 0 Å². The maximum Gasteiger partial charge on any atom is 0.238 e. The molecule has 0 saturated heterocycles. The average molecular weight is 667 g/mol. The number of ether oxygens (including phenoxy) is 6. The zero-order valence-electron chi connectivity index (χ0n) is 26.7. The fraction of sp³-hybridized carbons (Fsp3) is 0.576. The standard InChI is InChI=1S/C33H50N2O10S/c34-14-17-41-19-21-43-23-25-44-24-22-42-20-18-40-16-13-30(36)4-2-1-3-15-45-32-9-5-28(6-10-32)26-31(37)27-29-7-11-33(12-8-29)46(35,38)39/h5-12H,1-4,13-27,34H2,(H2,35,38,39). The van der Waals surface area contributed by atoms with Crippen molar-refractivity contribution in [2.75, 3.05) is 79.2 Å². The molecule has 0 heterocycles. The minimum Gasteiger partial charge on any atom is -0.494 e. The number of carbonyl (C=O) groups excluding carboxylic acids is 2. The molecular weight excluding hydrogens is 616 g/mol. The lowest BCUT2D eigenvalue weighted by atomic mass is 10.0. The van der Waals surface area contributed by atoms with Crippen molar-refractivity contribution in [3.05, 3.63) is 59.7 Å². The van der Waals surface area contributed by atoms with Crippen LogP contribution >= 0.6 is 0 Å². The van der Waals surface area contributed by atoms with Crippen molar-refractivity contribution in [3.8, 4) is 5.75 Å². The molecule has 0 spiro atoms. The summed E-state index contributed by atoms with van der Waals surface area (Å²) in [6.45, 7) is 5.91. The van der Waals surface area contributed by atoms with Gasteiger partial charge >= 0.3 is 0 Å². The Morgan fingerprint density at radius 2 is 1.02 bits per heavy atom. The third kappa shape index (κ3) is 19.7. The Kier molecular flexibility index (Phi) is 20.9. The SMILES string of the molecule is NCCOCCOCCOCCOCCOCCC(=O)CCCCCOc1ccc(CC(=O)Cc2ccc(S(N)(=O)=O)cc2)cc1. The van der Waals surface area contributed by atoms with E-state index in [-0.39, 0.29) is 29.3 Å². The van der Waals surface area contributed by atoms with Gasteiger partial charge in [-0.2, -0.15) is 0 Å². The van der Waals surface area contributed by atoms with Gasteiger partial charge in [0, 0.05) is 32.2 Å². The van der Waals surface area contributed by atoms with Crippen molar-refractivity contribution in [3.63, 3.8) is 0 Å². The van der Waals surface area contributed by atoms with Gasteiger partial charge in [-0.25, -0.2) is 13.6 Å². The third-order valence-electron chi connectivity index (χ3n) is 6.62. The Bertz CT molecular complexity index is 1210. The van der Waals surface area contributed by atoms with E-state index >= 15 is 0 Å². The van der Waals surface area contributed by atoms with Gasteiger partial charge in [0.25, 0.3) is 0 Å². The van der Waals surface area contributed by atoms with Gasteiger partial charge in [0.1, 0.15) is 17.3 Å². The summed E-state index contributed by atoms with van der Waals surface area (Å²) < 4.78 is 55.4. The van der Waals surface area contributed by atoms with Crippen LogP contribution in [-0.4, -0.2) is 99.2 Å². The summed E-state index contributed by atoms with van der Waals surface area (Å²) in [5.74, 6) is 0.934. The molecule has 2 aromatic rings. The molecule has 2 aromatic carbocycles. The van der Waals surface area contributed by atoms with Crippen molar-refractivity contribution >= 4 is 21.6 Å². The molecule has 4 N–H and O–H groups in total. The molecule has 0 aromatic heterocycles. The van der Waals surface area contributed by atoms with Crippen molar-refractivity contribution in [1.29, 1.82) is 0 Å². The fourth-order valence-corrected chi connectivity index (χ4v) is 4.70. The highest BCUT2D eigenvalue weighted by Crippen LogP contribution is 2.15. The van der Waals surface area contributed by atoms with Crippen molar-refractivity contribution in [2.45, 2.75) is 49.8 Å². The van der Waals surface area contributed by atoms with E-state index in [9.17, 15) is 18.0 Å². The van der Waals surface area contributed by atoms with E-state index in [2.05, 4.69) is 0 Å². The molecule has 258 valence electrons. The van der Waals surface area contributed by atoms with Crippen LogP contribution in [0.2, 0.25) is 0 Å². The van der Waals surface area contributed by atoms with Crippen LogP contribution in [0.5, 0.6) is 5.75 Å². The zero-order chi connectivity index (χ0) is 33.3. The Labute approximate surface area is 273 Å². The molecule has 0 aliphatic rings. The van der Waals surface area contributed by atoms with Crippen molar-refractivity contribution in [2.24, 2.45) is 10.9 Å². The molecule has 0 fully saturated rings. The summed E-state index contributed by atoms with van der Waals surface area (Å²) in [4.78, 5) is 24.5. The topological polar surface area (TPSA) is 176 Å². The number of carbonyl (C=O) groups is 2. The lowest BCUT2D eigenvalue weighted by molar-refractivity contribution is -0.120. The molecule has 0 saturated carbocycles. The number of hydrogen-bond acceptors (Lipinski definition) is 11. The molecule has 2 rings (SSSR count). The predicted molar refractivity (Wildman–Crippen MR) is 173 cm³/mol. The lowest BCUT2D eigenvalue weighted by Gasteiger charge is -2.08. The minimum atomic E-state index is -3.75. The smallest absolute Gasteiger partial charge is 0.238 e. The summed E-state index contributed by atoms with van der Waals surface area (Å²) in [5.41, 5.74) is 6.93. The van der Waals surface area contributed by atoms with Crippen LogP contribution in [-0.2, 0) is 56.1 Å². The molecule has 0 unspecified atom stereocenters. The van der Waals surface area contributed by atoms with E-state index in [0.29, 0.717) is 92.1 Å². The predicted octanol–water partition coefficient (Wildman–Crippen LogP) is 2.63. The second-order valence-electron chi connectivity index (χ2n) is 10.5. The van der Waals surface area contributed by atoms with Crippen LogP contribution in [0.25, 0.3) is 0 Å². The zero-order valence-corrected chi connectivity index (χ0v) is 27.5. The summed E-state index contributed by atoms with van der Waals surface area (Å²) in [6, 6.07) is 13.4. The molecule has 0 amide bonds. The van der Waals surface area contributed by atoms with Crippen LogP contribution in [0.4, 0.5) is 0 Å². The Hall–Kier alpha value is -2.75. The third-order valence-corrected chi connectivity index (χ3v) is 7.55. The first-order valence-corrected chi connectivity index (χ1v) is 17.3. The number of Topliss-reactive ketones (excluding diaryl/α,β-unsaturated/α-hetero) is 2. The Morgan fingerprint density at radius 3 is 1.52 bits per heavy atom. The normalized spacial score (nSPS) is 11.5. The molecule has 0 bridgehead atoms. The quantitative estimate of drug-likeness (QED) is 0.122. The van der Waals surface area contributed by atoms with E-state index < -0.39 is 10.0 Å². The first-order valence-electron chi connectivity index (χ1n) is 15.7. The van der Waals surface area contributed by atoms with E-state index in [1.807, 2.05) is 24.3 Å². The molecule has 0 aliphatic heterocycles. The number of nitrogens with two attached hydrogens (primary N) is 2. The maximum atomic E-state index is 12.4. The van der Waals surface area contributed by atoms with Gasteiger partial charge in [-0.3, -0.25) is 9.59 Å². The number of benzene rings is 2. The Morgan fingerprint density at radius 1 is 0.543 bits per heavy atom. The van der Waals surface area contributed by atoms with Crippen LogP contribution in [0, 0.1) is 0 Å². The molecule has 12 nitrogen and oxygen atoms in total. The van der Waals surface area contributed by atoms with Gasteiger partial charge in [0.2, 0.25) is 10.0 Å². The van der Waals surface area contributed by atoms with Gasteiger partial charge < -0.3 is 34.2 Å². The van der Waals surface area contributed by atoms with E-state index in [1.54, 1.807) is 12.1 Å². The van der Waals surface area contributed by atoms with E-state index in [1.165, 1.54) is 12.1 Å². The maximum absolute atomic E-state index is 12.4. The number of ketones is 2. The van der Waals surface area contributed by atoms with Crippen LogP contribution in [0.3, 0.4) is 0 Å². The number of sulfonamides is 1. The second kappa shape index (κ2) is 24.4. The molecule has 0 radical (unpaired) electrons. The first-order chi connectivity index (χ1) is 22.3. The van der Waals surface area contributed by atoms with Gasteiger partial charge in [-0.1, -0.05) is 24.3 Å². The van der Waals surface area contributed by atoms with E-state index in [0.717, 1.165) is 36.1 Å². The van der Waals surface area contributed by atoms with Gasteiger partial charge in [-0.05, 0) is 54.7 Å². The Balaban J connectivity index is 1.39. The van der Waals surface area contributed by atoms with Crippen LogP contribution in [0.1, 0.15) is 43.2 Å². The largest absolute Gasteiger partial charge is 0.494 e. The molecule has 0 atom stereocenters. The molecule has 46 heavy (non-hydrogen) atoms. The summed E-state index contributed by atoms with van der Waals surface area (Å²) in [7, 11) is -3.75. The van der Waals surface area contributed by atoms with E-state index in [4.69, 9.17) is 39.3 Å². The molecular formula is C33H50N2O10S. The second-order valence-corrected chi connectivity index (χ2v) is 12.1.